The topological polar surface area (TPSA) is 53.9 Å². The van der Waals surface area contributed by atoms with Crippen LogP contribution in [0.25, 0.3) is 22.3 Å². The molecule has 5 nitrogen and oxygen atoms in total. The zero-order valence-electron chi connectivity index (χ0n) is 12.3. The first-order valence-electron chi connectivity index (χ1n) is 6.76. The Morgan fingerprint density at radius 3 is 2.38 bits per heavy atom. The van der Waals surface area contributed by atoms with Crippen molar-refractivity contribution in [3.8, 4) is 11.3 Å². The molecule has 2 heterocycles. The van der Waals surface area contributed by atoms with E-state index in [1.165, 1.54) is 0 Å². The molecular formula is C16H17N5. The predicted molar refractivity (Wildman–Crippen MR) is 86.6 cm³/mol. The zero-order chi connectivity index (χ0) is 14.8. The fraction of sp³-hybridized carbons (Fsp3) is 0.188. The summed E-state index contributed by atoms with van der Waals surface area (Å²) in [6, 6.07) is 10.3. The molecule has 0 amide bonds. The van der Waals surface area contributed by atoms with Gasteiger partial charge >= 0.3 is 0 Å². The van der Waals surface area contributed by atoms with Gasteiger partial charge in [-0.15, -0.1) is 0 Å². The molecule has 0 bridgehead atoms. The quantitative estimate of drug-likeness (QED) is 0.799. The summed E-state index contributed by atoms with van der Waals surface area (Å²) in [5, 5.41) is 3.09. The Balaban J connectivity index is 2.11. The first kappa shape index (κ1) is 13.3. The Morgan fingerprint density at radius 2 is 1.71 bits per heavy atom. The molecule has 0 fully saturated rings. The van der Waals surface area contributed by atoms with E-state index < -0.39 is 0 Å². The van der Waals surface area contributed by atoms with Crippen LogP contribution in [0, 0.1) is 0 Å². The second kappa shape index (κ2) is 5.36. The number of pyridine rings is 1. The summed E-state index contributed by atoms with van der Waals surface area (Å²) in [5.74, 6) is 0.743. The molecule has 1 aromatic carbocycles. The van der Waals surface area contributed by atoms with Crippen molar-refractivity contribution in [2.75, 3.05) is 31.4 Å². The van der Waals surface area contributed by atoms with Gasteiger partial charge < -0.3 is 10.2 Å². The van der Waals surface area contributed by atoms with E-state index in [0.717, 1.165) is 33.8 Å². The largest absolute Gasteiger partial charge is 0.378 e. The highest BCUT2D eigenvalue weighted by Gasteiger charge is 2.08. The molecule has 0 aliphatic rings. The lowest BCUT2D eigenvalue weighted by Crippen LogP contribution is -2.08. The maximum atomic E-state index is 4.64. The molecule has 0 saturated carbocycles. The van der Waals surface area contributed by atoms with Gasteiger partial charge in [0.25, 0.3) is 0 Å². The summed E-state index contributed by atoms with van der Waals surface area (Å²) in [6.45, 7) is 0. The highest BCUT2D eigenvalue weighted by molar-refractivity contribution is 5.88. The van der Waals surface area contributed by atoms with Crippen LogP contribution >= 0.6 is 0 Å². The van der Waals surface area contributed by atoms with E-state index in [4.69, 9.17) is 0 Å². The molecule has 0 spiro atoms. The molecule has 0 saturated heterocycles. The Hall–Kier alpha value is -2.69. The number of aromatic nitrogens is 3. The van der Waals surface area contributed by atoms with Crippen molar-refractivity contribution in [1.82, 2.24) is 15.0 Å². The minimum atomic E-state index is 0.743. The molecule has 0 aliphatic carbocycles. The number of hydrogen-bond donors (Lipinski definition) is 1. The zero-order valence-corrected chi connectivity index (χ0v) is 12.3. The van der Waals surface area contributed by atoms with Gasteiger partial charge in [-0.05, 0) is 18.2 Å². The summed E-state index contributed by atoms with van der Waals surface area (Å²) in [4.78, 5) is 15.4. The van der Waals surface area contributed by atoms with Gasteiger partial charge in [0.2, 0.25) is 0 Å². The Kier molecular flexibility index (Phi) is 3.39. The standard InChI is InChI=1S/C16H17N5/c1-17-16-15-14(18-8-9-19-15)10-13(20-16)11-4-6-12(7-5-11)21(2)3/h4-10H,1-3H3,(H,17,20). The minimum absolute atomic E-state index is 0.743. The van der Waals surface area contributed by atoms with Crippen molar-refractivity contribution >= 4 is 22.5 Å². The van der Waals surface area contributed by atoms with E-state index in [1.807, 2.05) is 27.2 Å². The molecule has 3 rings (SSSR count). The Labute approximate surface area is 123 Å². The van der Waals surface area contributed by atoms with E-state index in [1.54, 1.807) is 12.4 Å². The molecule has 5 heteroatoms. The van der Waals surface area contributed by atoms with Gasteiger partial charge in [0.15, 0.2) is 5.82 Å². The third-order valence-corrected chi connectivity index (χ3v) is 3.37. The maximum Gasteiger partial charge on any atom is 0.154 e. The van der Waals surface area contributed by atoms with Crippen LogP contribution in [-0.2, 0) is 0 Å². The van der Waals surface area contributed by atoms with Crippen LogP contribution in [0.15, 0.2) is 42.7 Å². The van der Waals surface area contributed by atoms with Crippen molar-refractivity contribution in [3.05, 3.63) is 42.7 Å². The summed E-state index contributed by atoms with van der Waals surface area (Å²) in [7, 11) is 5.89. The third kappa shape index (κ3) is 2.50. The number of rotatable bonds is 3. The minimum Gasteiger partial charge on any atom is -0.378 e. The molecule has 0 unspecified atom stereocenters. The highest BCUT2D eigenvalue weighted by atomic mass is 15.1. The SMILES string of the molecule is CNc1nc(-c2ccc(N(C)C)cc2)cc2nccnc12. The van der Waals surface area contributed by atoms with E-state index in [9.17, 15) is 0 Å². The second-order valence-corrected chi connectivity index (χ2v) is 4.97. The number of nitrogens with zero attached hydrogens (tertiary/aromatic N) is 4. The molecular weight excluding hydrogens is 262 g/mol. The lowest BCUT2D eigenvalue weighted by atomic mass is 10.1. The predicted octanol–water partition coefficient (Wildman–Crippen LogP) is 2.80. The van der Waals surface area contributed by atoms with Crippen LogP contribution in [0.3, 0.4) is 0 Å². The summed E-state index contributed by atoms with van der Waals surface area (Å²) in [6.07, 6.45) is 3.37. The van der Waals surface area contributed by atoms with E-state index in [2.05, 4.69) is 49.4 Å². The van der Waals surface area contributed by atoms with Gasteiger partial charge in [0, 0.05) is 44.8 Å². The van der Waals surface area contributed by atoms with Crippen LogP contribution in [-0.4, -0.2) is 36.1 Å². The van der Waals surface area contributed by atoms with Crippen molar-refractivity contribution in [3.63, 3.8) is 0 Å². The van der Waals surface area contributed by atoms with Crippen LogP contribution in [0.4, 0.5) is 11.5 Å². The fourth-order valence-corrected chi connectivity index (χ4v) is 2.22. The first-order chi connectivity index (χ1) is 10.2. The number of anilines is 2. The van der Waals surface area contributed by atoms with Crippen LogP contribution in [0.2, 0.25) is 0 Å². The summed E-state index contributed by atoms with van der Waals surface area (Å²) >= 11 is 0. The molecule has 21 heavy (non-hydrogen) atoms. The first-order valence-corrected chi connectivity index (χ1v) is 6.76. The lowest BCUT2D eigenvalue weighted by molar-refractivity contribution is 1.13. The molecule has 0 aliphatic heterocycles. The van der Waals surface area contributed by atoms with Gasteiger partial charge in [-0.1, -0.05) is 12.1 Å². The van der Waals surface area contributed by atoms with Crippen LogP contribution < -0.4 is 10.2 Å². The summed E-state index contributed by atoms with van der Waals surface area (Å²) in [5.41, 5.74) is 4.73. The van der Waals surface area contributed by atoms with E-state index >= 15 is 0 Å². The summed E-state index contributed by atoms with van der Waals surface area (Å²) < 4.78 is 0. The van der Waals surface area contributed by atoms with Crippen molar-refractivity contribution in [2.45, 2.75) is 0 Å². The molecule has 3 aromatic rings. The number of hydrogen-bond acceptors (Lipinski definition) is 5. The molecule has 0 radical (unpaired) electrons. The maximum absolute atomic E-state index is 4.64. The van der Waals surface area contributed by atoms with Crippen LogP contribution in [0.1, 0.15) is 0 Å². The van der Waals surface area contributed by atoms with Crippen LogP contribution in [0.5, 0.6) is 0 Å². The third-order valence-electron chi connectivity index (χ3n) is 3.37. The van der Waals surface area contributed by atoms with Crippen molar-refractivity contribution in [2.24, 2.45) is 0 Å². The van der Waals surface area contributed by atoms with Crippen molar-refractivity contribution < 1.29 is 0 Å². The molecule has 2 aromatic heterocycles. The number of benzene rings is 1. The number of fused-ring (bicyclic) bond motifs is 1. The van der Waals surface area contributed by atoms with Gasteiger partial charge in [-0.2, -0.15) is 0 Å². The molecule has 106 valence electrons. The Morgan fingerprint density at radius 1 is 1.00 bits per heavy atom. The number of nitrogens with one attached hydrogen (secondary N) is 1. The average molecular weight is 279 g/mol. The van der Waals surface area contributed by atoms with Gasteiger partial charge in [0.05, 0.1) is 11.2 Å². The van der Waals surface area contributed by atoms with Gasteiger partial charge in [-0.25, -0.2) is 9.97 Å². The Bertz CT molecular complexity index is 765. The smallest absolute Gasteiger partial charge is 0.154 e. The molecule has 0 atom stereocenters. The van der Waals surface area contributed by atoms with Gasteiger partial charge in [0.1, 0.15) is 5.52 Å². The van der Waals surface area contributed by atoms with E-state index in [0.29, 0.717) is 0 Å². The highest BCUT2D eigenvalue weighted by Crippen LogP contribution is 2.26. The average Bonchev–Trinajstić information content (AvgIpc) is 2.53. The lowest BCUT2D eigenvalue weighted by Gasteiger charge is -2.13. The fourth-order valence-electron chi connectivity index (χ4n) is 2.22. The second-order valence-electron chi connectivity index (χ2n) is 4.97. The normalized spacial score (nSPS) is 10.6. The molecule has 1 N–H and O–H groups in total. The van der Waals surface area contributed by atoms with Crippen molar-refractivity contribution in [1.29, 1.82) is 0 Å². The van der Waals surface area contributed by atoms with E-state index in [-0.39, 0.29) is 0 Å². The monoisotopic (exact) mass is 279 g/mol. The van der Waals surface area contributed by atoms with Gasteiger partial charge in [-0.3, -0.25) is 4.98 Å².